The van der Waals surface area contributed by atoms with Crippen molar-refractivity contribution in [1.82, 2.24) is 0 Å². The second-order valence-electron chi connectivity index (χ2n) is 9.33. The van der Waals surface area contributed by atoms with Crippen molar-refractivity contribution in [3.8, 4) is 16.9 Å². The van der Waals surface area contributed by atoms with Crippen LogP contribution in [0.25, 0.3) is 11.1 Å². The summed E-state index contributed by atoms with van der Waals surface area (Å²) < 4.78 is 77.9. The summed E-state index contributed by atoms with van der Waals surface area (Å²) >= 11 is 0. The Hall–Kier alpha value is -2.89. The Balaban J connectivity index is 1.48. The molecular formula is C29H29F5O. The summed E-state index contributed by atoms with van der Waals surface area (Å²) in [6.45, 7) is 3.79. The maximum absolute atomic E-state index is 15.1. The Morgan fingerprint density at radius 2 is 1.40 bits per heavy atom. The van der Waals surface area contributed by atoms with E-state index in [9.17, 15) is 17.6 Å². The second-order valence-corrected chi connectivity index (χ2v) is 9.33. The van der Waals surface area contributed by atoms with Crippen LogP contribution in [-0.4, -0.2) is 6.61 Å². The normalized spacial score (nSPS) is 18.0. The van der Waals surface area contributed by atoms with Crippen molar-refractivity contribution in [3.05, 3.63) is 88.2 Å². The molecule has 4 rings (SSSR count). The number of unbranched alkanes of at least 4 members (excludes halogenated alkanes) is 1. The summed E-state index contributed by atoms with van der Waals surface area (Å²) in [5.74, 6) is -4.58. The Morgan fingerprint density at radius 3 is 2.06 bits per heavy atom. The van der Waals surface area contributed by atoms with Crippen LogP contribution in [0.2, 0.25) is 0 Å². The highest BCUT2D eigenvalue weighted by atomic mass is 19.2. The van der Waals surface area contributed by atoms with Gasteiger partial charge in [-0.15, -0.1) is 0 Å². The zero-order valence-corrected chi connectivity index (χ0v) is 19.9. The van der Waals surface area contributed by atoms with Crippen LogP contribution in [0.3, 0.4) is 0 Å². The van der Waals surface area contributed by atoms with E-state index in [4.69, 9.17) is 4.74 Å². The van der Waals surface area contributed by atoms with Crippen LogP contribution < -0.4 is 4.74 Å². The molecule has 1 aliphatic carbocycles. The first-order valence-electron chi connectivity index (χ1n) is 12.2. The van der Waals surface area contributed by atoms with Crippen LogP contribution in [-0.2, 0) is 0 Å². The van der Waals surface area contributed by atoms with Gasteiger partial charge in [0.2, 0.25) is 5.82 Å². The lowest BCUT2D eigenvalue weighted by atomic mass is 9.75. The van der Waals surface area contributed by atoms with E-state index in [2.05, 4.69) is 0 Å². The van der Waals surface area contributed by atoms with Gasteiger partial charge in [0.25, 0.3) is 0 Å². The van der Waals surface area contributed by atoms with E-state index in [1.165, 1.54) is 25.1 Å². The Morgan fingerprint density at radius 1 is 0.743 bits per heavy atom. The molecule has 0 heterocycles. The number of halogens is 5. The largest absolute Gasteiger partial charge is 0.490 e. The molecule has 6 heteroatoms. The highest BCUT2D eigenvalue weighted by Crippen LogP contribution is 2.43. The summed E-state index contributed by atoms with van der Waals surface area (Å²) in [5.41, 5.74) is 1.37. The van der Waals surface area contributed by atoms with Crippen molar-refractivity contribution in [2.45, 2.75) is 64.2 Å². The van der Waals surface area contributed by atoms with Crippen LogP contribution in [0.4, 0.5) is 22.0 Å². The number of hydrogen-bond acceptors (Lipinski definition) is 1. The van der Waals surface area contributed by atoms with Gasteiger partial charge in [-0.2, -0.15) is 4.39 Å². The minimum absolute atomic E-state index is 0.0311. The third-order valence-electron chi connectivity index (χ3n) is 7.03. The molecule has 0 N–H and O–H groups in total. The minimum atomic E-state index is -1.08. The molecule has 0 radical (unpaired) electrons. The maximum Gasteiger partial charge on any atom is 0.201 e. The van der Waals surface area contributed by atoms with Crippen LogP contribution in [0.1, 0.15) is 74.0 Å². The molecule has 0 bridgehead atoms. The van der Waals surface area contributed by atoms with Crippen LogP contribution in [0.15, 0.2) is 42.5 Å². The molecule has 0 aromatic heterocycles. The lowest BCUT2D eigenvalue weighted by molar-refractivity contribution is 0.289. The number of aryl methyl sites for hydroxylation is 1. The van der Waals surface area contributed by atoms with Crippen LogP contribution in [0, 0.1) is 36.0 Å². The van der Waals surface area contributed by atoms with Gasteiger partial charge in [0.15, 0.2) is 23.2 Å². The summed E-state index contributed by atoms with van der Waals surface area (Å²) in [6, 6.07) is 10.4. The molecule has 0 spiro atoms. The van der Waals surface area contributed by atoms with Gasteiger partial charge < -0.3 is 4.74 Å². The molecule has 0 saturated heterocycles. The van der Waals surface area contributed by atoms with Gasteiger partial charge in [0.1, 0.15) is 5.82 Å². The van der Waals surface area contributed by atoms with Gasteiger partial charge in [-0.3, -0.25) is 0 Å². The molecule has 186 valence electrons. The lowest BCUT2D eigenvalue weighted by Gasteiger charge is -2.29. The fraction of sp³-hybridized carbons (Fsp3) is 0.379. The highest BCUT2D eigenvalue weighted by Gasteiger charge is 2.28. The quantitative estimate of drug-likeness (QED) is 0.238. The molecular weight excluding hydrogens is 459 g/mol. The van der Waals surface area contributed by atoms with Crippen LogP contribution in [0.5, 0.6) is 5.75 Å². The number of ether oxygens (including phenoxy) is 1. The Kier molecular flexibility index (Phi) is 7.78. The average Bonchev–Trinajstić information content (AvgIpc) is 2.86. The molecule has 0 atom stereocenters. The molecule has 1 nitrogen and oxygen atoms in total. The second kappa shape index (κ2) is 10.8. The van der Waals surface area contributed by atoms with Gasteiger partial charge in [-0.1, -0.05) is 37.6 Å². The minimum Gasteiger partial charge on any atom is -0.490 e. The van der Waals surface area contributed by atoms with Crippen molar-refractivity contribution in [2.75, 3.05) is 6.61 Å². The summed E-state index contributed by atoms with van der Waals surface area (Å²) in [6.07, 6.45) is 4.09. The van der Waals surface area contributed by atoms with Gasteiger partial charge in [0, 0.05) is 5.56 Å². The molecule has 0 amide bonds. The predicted octanol–water partition coefficient (Wildman–Crippen LogP) is 8.98. The molecule has 1 saturated carbocycles. The van der Waals surface area contributed by atoms with E-state index in [1.807, 2.05) is 6.92 Å². The van der Waals surface area contributed by atoms with Crippen molar-refractivity contribution in [2.24, 2.45) is 0 Å². The van der Waals surface area contributed by atoms with Crippen molar-refractivity contribution in [1.29, 1.82) is 0 Å². The maximum atomic E-state index is 15.1. The van der Waals surface area contributed by atoms with E-state index < -0.39 is 29.1 Å². The van der Waals surface area contributed by atoms with Crippen molar-refractivity contribution in [3.63, 3.8) is 0 Å². The van der Waals surface area contributed by atoms with Gasteiger partial charge in [-0.05, 0) is 91.3 Å². The SMILES string of the molecule is CCCCOc1ccc(-c2ccc(C3CCC(c4ccc(C)c(F)c4F)CC3)c(F)c2)c(F)c1F. The monoisotopic (exact) mass is 488 g/mol. The molecule has 1 fully saturated rings. The van der Waals surface area contributed by atoms with Crippen molar-refractivity contribution < 1.29 is 26.7 Å². The third-order valence-corrected chi connectivity index (χ3v) is 7.03. The predicted molar refractivity (Wildman–Crippen MR) is 127 cm³/mol. The van der Waals surface area contributed by atoms with Gasteiger partial charge >= 0.3 is 0 Å². The fourth-order valence-electron chi connectivity index (χ4n) is 4.91. The van der Waals surface area contributed by atoms with Crippen LogP contribution >= 0.6 is 0 Å². The number of benzene rings is 3. The molecule has 1 aliphatic rings. The van der Waals surface area contributed by atoms with E-state index in [0.717, 1.165) is 12.8 Å². The molecule has 0 unspecified atom stereocenters. The molecule has 3 aromatic rings. The first kappa shape index (κ1) is 25.2. The zero-order chi connectivity index (χ0) is 25.1. The lowest BCUT2D eigenvalue weighted by Crippen LogP contribution is -2.15. The molecule has 0 aliphatic heterocycles. The average molecular weight is 489 g/mol. The summed E-state index contributed by atoms with van der Waals surface area (Å²) in [4.78, 5) is 0. The third kappa shape index (κ3) is 5.21. The number of rotatable bonds is 7. The smallest absolute Gasteiger partial charge is 0.201 e. The molecule has 3 aromatic carbocycles. The molecule has 35 heavy (non-hydrogen) atoms. The number of hydrogen-bond donors (Lipinski definition) is 0. The highest BCUT2D eigenvalue weighted by molar-refractivity contribution is 5.66. The topological polar surface area (TPSA) is 9.23 Å². The first-order chi connectivity index (χ1) is 16.8. The van der Waals surface area contributed by atoms with E-state index >= 15 is 4.39 Å². The Bertz CT molecular complexity index is 1200. The fourth-order valence-corrected chi connectivity index (χ4v) is 4.91. The van der Waals surface area contributed by atoms with Gasteiger partial charge in [0.05, 0.1) is 6.61 Å². The van der Waals surface area contributed by atoms with Crippen molar-refractivity contribution >= 4 is 0 Å². The van der Waals surface area contributed by atoms with E-state index in [1.54, 1.807) is 24.3 Å². The van der Waals surface area contributed by atoms with E-state index in [0.29, 0.717) is 43.4 Å². The summed E-state index contributed by atoms with van der Waals surface area (Å²) in [5, 5.41) is 0. The summed E-state index contributed by atoms with van der Waals surface area (Å²) in [7, 11) is 0. The Labute approximate surface area is 202 Å². The standard InChI is InChI=1S/C29H29F5O/c1-3-4-15-35-25-14-13-23(28(33)29(25)34)20-10-12-21(24(30)16-20)18-6-8-19(9-7-18)22-11-5-17(2)26(31)27(22)32/h5,10-14,16,18-19H,3-4,6-9,15H2,1-2H3. The first-order valence-corrected chi connectivity index (χ1v) is 12.2. The zero-order valence-electron chi connectivity index (χ0n) is 19.9. The van der Waals surface area contributed by atoms with E-state index in [-0.39, 0.29) is 34.3 Å². The van der Waals surface area contributed by atoms with Gasteiger partial charge in [-0.25, -0.2) is 17.6 Å².